The monoisotopic (exact) mass is 546 g/mol. The SMILES string of the molecule is CC(C)(CCC(O)Cc1ccc(CC(O)CCC(C)(C)C(=O)Oc2ccccc2)cc1)C(=O)Oc1ccccc1. The highest BCUT2D eigenvalue weighted by molar-refractivity contribution is 5.78. The van der Waals surface area contributed by atoms with Crippen LogP contribution in [0.2, 0.25) is 0 Å². The molecular formula is C34H42O6. The number of aliphatic hydroxyl groups excluding tert-OH is 2. The highest BCUT2D eigenvalue weighted by atomic mass is 16.5. The summed E-state index contributed by atoms with van der Waals surface area (Å²) in [6.07, 6.45) is 1.73. The van der Waals surface area contributed by atoms with Crippen molar-refractivity contribution in [3.8, 4) is 11.5 Å². The molecule has 6 nitrogen and oxygen atoms in total. The molecule has 3 rings (SSSR count). The molecule has 40 heavy (non-hydrogen) atoms. The first-order chi connectivity index (χ1) is 18.9. The first-order valence-corrected chi connectivity index (χ1v) is 13.9. The van der Waals surface area contributed by atoms with Crippen molar-refractivity contribution in [1.82, 2.24) is 0 Å². The van der Waals surface area contributed by atoms with Crippen molar-refractivity contribution in [3.63, 3.8) is 0 Å². The van der Waals surface area contributed by atoms with Gasteiger partial charge in [0.25, 0.3) is 0 Å². The number of rotatable bonds is 14. The highest BCUT2D eigenvalue weighted by Crippen LogP contribution is 2.28. The molecule has 0 spiro atoms. The fourth-order valence-electron chi connectivity index (χ4n) is 4.29. The van der Waals surface area contributed by atoms with Gasteiger partial charge in [-0.25, -0.2) is 0 Å². The minimum absolute atomic E-state index is 0.315. The number of para-hydroxylation sites is 2. The molecule has 2 unspecified atom stereocenters. The van der Waals surface area contributed by atoms with Crippen LogP contribution in [0.15, 0.2) is 84.9 Å². The molecule has 0 amide bonds. The van der Waals surface area contributed by atoms with Crippen molar-refractivity contribution in [2.24, 2.45) is 10.8 Å². The molecule has 0 aliphatic carbocycles. The second-order valence-corrected chi connectivity index (χ2v) is 11.8. The largest absolute Gasteiger partial charge is 0.426 e. The van der Waals surface area contributed by atoms with Gasteiger partial charge in [0, 0.05) is 0 Å². The summed E-state index contributed by atoms with van der Waals surface area (Å²) >= 11 is 0. The number of carbonyl (C=O) groups excluding carboxylic acids is 2. The Morgan fingerprint density at radius 1 is 0.600 bits per heavy atom. The predicted octanol–water partition coefficient (Wildman–Crippen LogP) is 6.32. The van der Waals surface area contributed by atoms with Gasteiger partial charge in [0.2, 0.25) is 0 Å². The lowest BCUT2D eigenvalue weighted by Gasteiger charge is -2.24. The van der Waals surface area contributed by atoms with Crippen LogP contribution in [0.4, 0.5) is 0 Å². The molecule has 2 N–H and O–H groups in total. The first-order valence-electron chi connectivity index (χ1n) is 13.9. The number of carbonyl (C=O) groups is 2. The molecule has 0 radical (unpaired) electrons. The van der Waals surface area contributed by atoms with Gasteiger partial charge in [-0.1, -0.05) is 60.7 Å². The zero-order valence-electron chi connectivity index (χ0n) is 24.0. The van der Waals surface area contributed by atoms with Crippen LogP contribution >= 0.6 is 0 Å². The summed E-state index contributed by atoms with van der Waals surface area (Å²) < 4.78 is 11.0. The van der Waals surface area contributed by atoms with Crippen LogP contribution in [0.25, 0.3) is 0 Å². The van der Waals surface area contributed by atoms with Crippen molar-refractivity contribution in [3.05, 3.63) is 96.1 Å². The molecular weight excluding hydrogens is 504 g/mol. The zero-order chi connectivity index (χ0) is 29.2. The van der Waals surface area contributed by atoms with Crippen LogP contribution < -0.4 is 9.47 Å². The molecule has 0 aliphatic heterocycles. The smallest absolute Gasteiger partial charge is 0.316 e. The number of aliphatic hydroxyl groups is 2. The van der Waals surface area contributed by atoms with E-state index in [1.807, 2.05) is 88.4 Å². The fraction of sp³-hybridized carbons (Fsp3) is 0.412. The van der Waals surface area contributed by atoms with Gasteiger partial charge in [0.05, 0.1) is 23.0 Å². The summed E-state index contributed by atoms with van der Waals surface area (Å²) in [6, 6.07) is 25.8. The molecule has 0 saturated carbocycles. The Hall–Kier alpha value is -3.48. The lowest BCUT2D eigenvalue weighted by atomic mass is 9.85. The van der Waals surface area contributed by atoms with Gasteiger partial charge in [0.1, 0.15) is 11.5 Å². The van der Waals surface area contributed by atoms with E-state index in [0.717, 1.165) is 11.1 Å². The summed E-state index contributed by atoms with van der Waals surface area (Å²) in [7, 11) is 0. The second kappa shape index (κ2) is 14.2. The summed E-state index contributed by atoms with van der Waals surface area (Å²) in [5.41, 5.74) is 0.535. The van der Waals surface area contributed by atoms with Crippen LogP contribution in [-0.4, -0.2) is 34.4 Å². The molecule has 0 heterocycles. The van der Waals surface area contributed by atoms with E-state index in [2.05, 4.69) is 0 Å². The predicted molar refractivity (Wildman–Crippen MR) is 156 cm³/mol. The molecule has 0 bridgehead atoms. The fourth-order valence-corrected chi connectivity index (χ4v) is 4.29. The zero-order valence-corrected chi connectivity index (χ0v) is 24.0. The Morgan fingerprint density at radius 3 is 1.25 bits per heavy atom. The lowest BCUT2D eigenvalue weighted by molar-refractivity contribution is -0.145. The maximum atomic E-state index is 12.6. The van der Waals surface area contributed by atoms with E-state index >= 15 is 0 Å². The van der Waals surface area contributed by atoms with Crippen molar-refractivity contribution in [1.29, 1.82) is 0 Å². The molecule has 0 aliphatic rings. The summed E-state index contributed by atoms with van der Waals surface area (Å²) in [5.74, 6) is 0.400. The van der Waals surface area contributed by atoms with Gasteiger partial charge in [-0.15, -0.1) is 0 Å². The Labute approximate surface area is 238 Å². The van der Waals surface area contributed by atoms with Gasteiger partial charge < -0.3 is 19.7 Å². The molecule has 3 aromatic carbocycles. The maximum absolute atomic E-state index is 12.6. The quantitative estimate of drug-likeness (QED) is 0.182. The van der Waals surface area contributed by atoms with Crippen molar-refractivity contribution in [2.45, 2.75) is 78.4 Å². The summed E-state index contributed by atoms with van der Waals surface area (Å²) in [4.78, 5) is 25.2. The van der Waals surface area contributed by atoms with E-state index in [4.69, 9.17) is 9.47 Å². The molecule has 6 heteroatoms. The molecule has 2 atom stereocenters. The molecule has 0 saturated heterocycles. The molecule has 214 valence electrons. The Morgan fingerprint density at radius 2 is 0.925 bits per heavy atom. The van der Waals surface area contributed by atoms with Gasteiger partial charge in [-0.2, -0.15) is 0 Å². The number of benzene rings is 3. The Bertz CT molecular complexity index is 1110. The van der Waals surface area contributed by atoms with Crippen LogP contribution in [-0.2, 0) is 22.4 Å². The van der Waals surface area contributed by atoms with Gasteiger partial charge >= 0.3 is 11.9 Å². The average Bonchev–Trinajstić information content (AvgIpc) is 2.93. The number of hydrogen-bond donors (Lipinski definition) is 2. The highest BCUT2D eigenvalue weighted by Gasteiger charge is 2.31. The maximum Gasteiger partial charge on any atom is 0.316 e. The van der Waals surface area contributed by atoms with E-state index in [1.165, 1.54) is 0 Å². The topological polar surface area (TPSA) is 93.1 Å². The average molecular weight is 547 g/mol. The second-order valence-electron chi connectivity index (χ2n) is 11.8. The van der Waals surface area contributed by atoms with E-state index in [-0.39, 0.29) is 11.9 Å². The van der Waals surface area contributed by atoms with Crippen LogP contribution in [0.1, 0.15) is 64.5 Å². The van der Waals surface area contributed by atoms with E-state index in [9.17, 15) is 19.8 Å². The van der Waals surface area contributed by atoms with Gasteiger partial charge in [0.15, 0.2) is 0 Å². The number of hydrogen-bond acceptors (Lipinski definition) is 6. The third kappa shape index (κ3) is 9.92. The van der Waals surface area contributed by atoms with Crippen LogP contribution in [0.3, 0.4) is 0 Å². The Balaban J connectivity index is 1.41. The van der Waals surface area contributed by atoms with E-state index in [1.54, 1.807) is 24.3 Å². The molecule has 0 fully saturated rings. The van der Waals surface area contributed by atoms with E-state index < -0.39 is 23.0 Å². The minimum atomic E-state index is -0.719. The lowest BCUT2D eigenvalue weighted by Crippen LogP contribution is -2.30. The first kappa shape index (κ1) is 31.1. The van der Waals surface area contributed by atoms with Crippen LogP contribution in [0.5, 0.6) is 11.5 Å². The van der Waals surface area contributed by atoms with Crippen molar-refractivity contribution in [2.75, 3.05) is 0 Å². The number of esters is 2. The number of ether oxygens (including phenoxy) is 2. The molecule has 0 aromatic heterocycles. The Kier molecular flexibility index (Phi) is 11.1. The van der Waals surface area contributed by atoms with Crippen molar-refractivity contribution >= 4 is 11.9 Å². The van der Waals surface area contributed by atoms with Gasteiger partial charge in [-0.05, 0) is 102 Å². The minimum Gasteiger partial charge on any atom is -0.426 e. The third-order valence-electron chi connectivity index (χ3n) is 7.18. The van der Waals surface area contributed by atoms with Crippen molar-refractivity contribution < 1.29 is 29.3 Å². The molecule has 3 aromatic rings. The summed E-state index contributed by atoms with van der Waals surface area (Å²) in [6.45, 7) is 7.33. The third-order valence-corrected chi connectivity index (χ3v) is 7.18. The normalized spacial score (nSPS) is 13.3. The summed E-state index contributed by atoms with van der Waals surface area (Å²) in [5, 5.41) is 21.2. The van der Waals surface area contributed by atoms with Gasteiger partial charge in [-0.3, -0.25) is 9.59 Å². The standard InChI is InChI=1S/C34H42O6/c1-33(2,31(37)39-29-11-7-5-8-12-29)21-19-27(35)23-25-15-17-26(18-16-25)24-28(36)20-22-34(3,4)32(38)40-30-13-9-6-10-14-30/h5-18,27-28,35-36H,19-24H2,1-4H3. The van der Waals surface area contributed by atoms with E-state index in [0.29, 0.717) is 50.0 Å². The van der Waals surface area contributed by atoms with Crippen LogP contribution in [0, 0.1) is 10.8 Å².